The van der Waals surface area contributed by atoms with Crippen molar-refractivity contribution in [3.63, 3.8) is 0 Å². The van der Waals surface area contributed by atoms with Crippen molar-refractivity contribution in [2.45, 2.75) is 12.8 Å². The number of rotatable bonds is 7. The van der Waals surface area contributed by atoms with Crippen LogP contribution in [0.25, 0.3) is 0 Å². The number of hydrogen-bond acceptors (Lipinski definition) is 3. The van der Waals surface area contributed by atoms with Crippen molar-refractivity contribution < 1.29 is 14.3 Å². The second-order valence-corrected chi connectivity index (χ2v) is 5.40. The highest BCUT2D eigenvalue weighted by molar-refractivity contribution is 6.31. The van der Waals surface area contributed by atoms with Crippen LogP contribution < -0.4 is 14.8 Å². The number of aryl methyl sites for hydroxylation is 1. The Balaban J connectivity index is 1.94. The molecule has 2 aromatic rings. The lowest BCUT2D eigenvalue weighted by Crippen LogP contribution is -2.25. The Morgan fingerprint density at radius 3 is 2.30 bits per heavy atom. The molecule has 0 aliphatic carbocycles. The van der Waals surface area contributed by atoms with Gasteiger partial charge in [-0.1, -0.05) is 35.9 Å². The quantitative estimate of drug-likeness (QED) is 0.785. The Hall–Kier alpha value is -2.20. The average Bonchev–Trinajstić information content (AvgIpc) is 2.59. The van der Waals surface area contributed by atoms with Crippen molar-refractivity contribution in [3.8, 4) is 11.5 Å². The molecule has 1 N–H and O–H groups in total. The summed E-state index contributed by atoms with van der Waals surface area (Å²) in [5.74, 6) is 0.777. The zero-order valence-electron chi connectivity index (χ0n) is 13.3. The van der Waals surface area contributed by atoms with Crippen LogP contribution in [0.2, 0.25) is 5.02 Å². The maximum absolute atomic E-state index is 12.4. The van der Waals surface area contributed by atoms with Gasteiger partial charge in [0.05, 0.1) is 14.2 Å². The van der Waals surface area contributed by atoms with E-state index in [4.69, 9.17) is 21.1 Å². The Morgan fingerprint density at radius 1 is 1.04 bits per heavy atom. The third-order valence-electron chi connectivity index (χ3n) is 3.52. The highest BCUT2D eigenvalue weighted by Crippen LogP contribution is 2.27. The van der Waals surface area contributed by atoms with E-state index in [9.17, 15) is 4.79 Å². The van der Waals surface area contributed by atoms with Crippen molar-refractivity contribution in [3.05, 3.63) is 58.6 Å². The van der Waals surface area contributed by atoms with Gasteiger partial charge < -0.3 is 14.8 Å². The van der Waals surface area contributed by atoms with E-state index >= 15 is 0 Å². The Bertz CT molecular complexity index is 651. The van der Waals surface area contributed by atoms with E-state index in [0.717, 1.165) is 23.4 Å². The molecule has 0 aliphatic heterocycles. The number of nitrogens with one attached hydrogen (secondary N) is 1. The molecule has 122 valence electrons. The van der Waals surface area contributed by atoms with Gasteiger partial charge in [0.15, 0.2) is 0 Å². The molecule has 0 bridgehead atoms. The number of carbonyl (C=O) groups excluding carboxylic acids is 1. The zero-order valence-corrected chi connectivity index (χ0v) is 14.0. The van der Waals surface area contributed by atoms with Gasteiger partial charge in [0.2, 0.25) is 0 Å². The lowest BCUT2D eigenvalue weighted by molar-refractivity contribution is 0.0947. The third-order valence-corrected chi connectivity index (χ3v) is 3.89. The minimum atomic E-state index is -0.210. The topological polar surface area (TPSA) is 47.6 Å². The van der Waals surface area contributed by atoms with E-state index in [1.54, 1.807) is 18.2 Å². The van der Waals surface area contributed by atoms with E-state index in [1.165, 1.54) is 14.2 Å². The first kappa shape index (κ1) is 17.2. The fourth-order valence-electron chi connectivity index (χ4n) is 2.35. The molecule has 0 saturated carbocycles. The van der Waals surface area contributed by atoms with Crippen molar-refractivity contribution >= 4 is 17.5 Å². The van der Waals surface area contributed by atoms with E-state index in [1.807, 2.05) is 24.3 Å². The number of carbonyl (C=O) groups is 1. The minimum Gasteiger partial charge on any atom is -0.496 e. The second kappa shape index (κ2) is 8.44. The van der Waals surface area contributed by atoms with Crippen LogP contribution in [0.5, 0.6) is 11.5 Å². The van der Waals surface area contributed by atoms with Crippen LogP contribution in [-0.2, 0) is 6.42 Å². The maximum atomic E-state index is 12.4. The highest BCUT2D eigenvalue weighted by Gasteiger charge is 2.17. The van der Waals surface area contributed by atoms with Crippen LogP contribution in [0.15, 0.2) is 42.5 Å². The number of hydrogen-bond donors (Lipinski definition) is 1. The fraction of sp³-hybridized carbons (Fsp3) is 0.278. The number of benzene rings is 2. The Labute approximate surface area is 141 Å². The van der Waals surface area contributed by atoms with Crippen molar-refractivity contribution in [1.82, 2.24) is 5.32 Å². The van der Waals surface area contributed by atoms with Gasteiger partial charge >= 0.3 is 0 Å². The van der Waals surface area contributed by atoms with Gasteiger partial charge in [-0.15, -0.1) is 0 Å². The monoisotopic (exact) mass is 333 g/mol. The summed E-state index contributed by atoms with van der Waals surface area (Å²) in [4.78, 5) is 12.4. The lowest BCUT2D eigenvalue weighted by atomic mass is 10.1. The summed E-state index contributed by atoms with van der Waals surface area (Å²) >= 11 is 6.12. The first-order valence-corrected chi connectivity index (χ1v) is 7.77. The largest absolute Gasteiger partial charge is 0.496 e. The maximum Gasteiger partial charge on any atom is 0.258 e. The second-order valence-electron chi connectivity index (χ2n) is 4.99. The number of methoxy groups -OCH3 is 2. The summed E-state index contributed by atoms with van der Waals surface area (Å²) in [6.45, 7) is 0.547. The van der Waals surface area contributed by atoms with E-state index in [-0.39, 0.29) is 5.91 Å². The standard InChI is InChI=1S/C18H20ClNO3/c1-22-15-10-5-11-16(23-2)17(15)18(21)20-12-6-8-13-7-3-4-9-14(13)19/h3-5,7,9-11H,6,8,12H2,1-2H3,(H,20,21). The van der Waals surface area contributed by atoms with Crippen LogP contribution in [0.1, 0.15) is 22.3 Å². The third kappa shape index (κ3) is 4.39. The molecule has 0 fully saturated rings. The average molecular weight is 334 g/mol. The molecule has 2 aromatic carbocycles. The number of halogens is 1. The van der Waals surface area contributed by atoms with Crippen LogP contribution in [0, 0.1) is 0 Å². The lowest BCUT2D eigenvalue weighted by Gasteiger charge is -2.13. The van der Waals surface area contributed by atoms with Gasteiger partial charge in [-0.3, -0.25) is 4.79 Å². The van der Waals surface area contributed by atoms with Gasteiger partial charge in [-0.25, -0.2) is 0 Å². The molecular formula is C18H20ClNO3. The molecule has 5 heteroatoms. The normalized spacial score (nSPS) is 10.2. The molecule has 2 rings (SSSR count). The van der Waals surface area contributed by atoms with Crippen LogP contribution in [0.4, 0.5) is 0 Å². The molecule has 0 heterocycles. The van der Waals surface area contributed by atoms with Crippen LogP contribution >= 0.6 is 11.6 Å². The molecule has 0 atom stereocenters. The van der Waals surface area contributed by atoms with E-state index < -0.39 is 0 Å². The molecule has 4 nitrogen and oxygen atoms in total. The molecule has 0 unspecified atom stereocenters. The van der Waals surface area contributed by atoms with Gasteiger partial charge in [0, 0.05) is 11.6 Å². The predicted octanol–water partition coefficient (Wildman–Crippen LogP) is 3.72. The number of amides is 1. The molecule has 0 saturated heterocycles. The predicted molar refractivity (Wildman–Crippen MR) is 91.7 cm³/mol. The molecule has 23 heavy (non-hydrogen) atoms. The van der Waals surface area contributed by atoms with Gasteiger partial charge in [0.25, 0.3) is 5.91 Å². The Morgan fingerprint density at radius 2 is 1.70 bits per heavy atom. The van der Waals surface area contributed by atoms with Gasteiger partial charge in [-0.05, 0) is 36.6 Å². The first-order valence-electron chi connectivity index (χ1n) is 7.40. The van der Waals surface area contributed by atoms with Gasteiger partial charge in [0.1, 0.15) is 17.1 Å². The van der Waals surface area contributed by atoms with E-state index in [2.05, 4.69) is 5.32 Å². The molecule has 0 spiro atoms. The summed E-state index contributed by atoms with van der Waals surface area (Å²) in [6.07, 6.45) is 1.61. The molecular weight excluding hydrogens is 314 g/mol. The SMILES string of the molecule is COc1cccc(OC)c1C(=O)NCCCc1ccccc1Cl. The summed E-state index contributed by atoms with van der Waals surface area (Å²) in [5.41, 5.74) is 1.49. The van der Waals surface area contributed by atoms with Crippen LogP contribution in [-0.4, -0.2) is 26.7 Å². The number of ether oxygens (including phenoxy) is 2. The van der Waals surface area contributed by atoms with Crippen molar-refractivity contribution in [1.29, 1.82) is 0 Å². The fourth-order valence-corrected chi connectivity index (χ4v) is 2.58. The summed E-state index contributed by atoms with van der Waals surface area (Å²) in [6, 6.07) is 13.0. The van der Waals surface area contributed by atoms with Crippen molar-refractivity contribution in [2.24, 2.45) is 0 Å². The summed E-state index contributed by atoms with van der Waals surface area (Å²) in [5, 5.41) is 3.65. The molecule has 0 aromatic heterocycles. The first-order chi connectivity index (χ1) is 11.2. The van der Waals surface area contributed by atoms with Crippen molar-refractivity contribution in [2.75, 3.05) is 20.8 Å². The molecule has 0 aliphatic rings. The smallest absolute Gasteiger partial charge is 0.258 e. The Kier molecular flexibility index (Phi) is 6.29. The van der Waals surface area contributed by atoms with E-state index in [0.29, 0.717) is 23.6 Å². The highest BCUT2D eigenvalue weighted by atomic mass is 35.5. The molecule has 0 radical (unpaired) electrons. The summed E-state index contributed by atoms with van der Waals surface area (Å²) in [7, 11) is 3.06. The summed E-state index contributed by atoms with van der Waals surface area (Å²) < 4.78 is 10.5. The molecule has 1 amide bonds. The van der Waals surface area contributed by atoms with Crippen LogP contribution in [0.3, 0.4) is 0 Å². The zero-order chi connectivity index (χ0) is 16.7. The van der Waals surface area contributed by atoms with Gasteiger partial charge in [-0.2, -0.15) is 0 Å². The minimum absolute atomic E-state index is 0.210.